The Morgan fingerprint density at radius 1 is 1.16 bits per heavy atom. The van der Waals surface area contributed by atoms with Crippen LogP contribution in [-0.4, -0.2) is 24.7 Å². The van der Waals surface area contributed by atoms with Gasteiger partial charge in [-0.25, -0.2) is 9.82 Å². The maximum atomic E-state index is 14.7. The number of rotatable bonds is 4. The Hall–Kier alpha value is -3.47. The SMILES string of the molecule is CC1=CC(C)(C)N(C)c2cc(F)c(/C=N\NC(=O)Cc3cccc4ccccc34)cc21. The van der Waals surface area contributed by atoms with Crippen LogP contribution in [0.4, 0.5) is 10.1 Å². The molecule has 0 atom stereocenters. The van der Waals surface area contributed by atoms with E-state index in [1.807, 2.05) is 56.4 Å². The van der Waals surface area contributed by atoms with Crippen molar-refractivity contribution in [3.05, 3.63) is 83.2 Å². The first kappa shape index (κ1) is 20.8. The normalized spacial score (nSPS) is 15.1. The number of nitrogens with one attached hydrogen (secondary N) is 1. The average Bonchev–Trinajstić information content (AvgIpc) is 2.73. The molecule has 5 heteroatoms. The summed E-state index contributed by atoms with van der Waals surface area (Å²) in [6.45, 7) is 6.22. The van der Waals surface area contributed by atoms with Gasteiger partial charge in [0.25, 0.3) is 0 Å². The van der Waals surface area contributed by atoms with Crippen LogP contribution >= 0.6 is 0 Å². The summed E-state index contributed by atoms with van der Waals surface area (Å²) in [6.07, 6.45) is 3.73. The molecular formula is C26H26FN3O. The van der Waals surface area contributed by atoms with E-state index >= 15 is 0 Å². The molecule has 0 unspecified atom stereocenters. The van der Waals surface area contributed by atoms with E-state index in [0.29, 0.717) is 5.56 Å². The van der Waals surface area contributed by atoms with Gasteiger partial charge >= 0.3 is 0 Å². The highest BCUT2D eigenvalue weighted by atomic mass is 19.1. The fourth-order valence-electron chi connectivity index (χ4n) is 4.12. The molecule has 3 aromatic rings. The maximum Gasteiger partial charge on any atom is 0.244 e. The molecule has 4 nitrogen and oxygen atoms in total. The predicted octanol–water partition coefficient (Wildman–Crippen LogP) is 5.30. The Morgan fingerprint density at radius 3 is 2.71 bits per heavy atom. The van der Waals surface area contributed by atoms with E-state index in [0.717, 1.165) is 33.2 Å². The van der Waals surface area contributed by atoms with E-state index in [-0.39, 0.29) is 23.7 Å². The highest BCUT2D eigenvalue weighted by molar-refractivity contribution is 5.91. The Morgan fingerprint density at radius 2 is 1.90 bits per heavy atom. The van der Waals surface area contributed by atoms with Crippen LogP contribution in [0, 0.1) is 5.82 Å². The molecule has 0 aromatic heterocycles. The van der Waals surface area contributed by atoms with E-state index in [9.17, 15) is 9.18 Å². The second-order valence-corrected chi connectivity index (χ2v) is 8.54. The molecule has 0 spiro atoms. The van der Waals surface area contributed by atoms with Gasteiger partial charge in [0.2, 0.25) is 5.91 Å². The first-order valence-electron chi connectivity index (χ1n) is 10.3. The lowest BCUT2D eigenvalue weighted by Crippen LogP contribution is -2.42. The van der Waals surface area contributed by atoms with Gasteiger partial charge in [0.1, 0.15) is 5.82 Å². The number of halogens is 1. The summed E-state index contributed by atoms with van der Waals surface area (Å²) in [6, 6.07) is 17.1. The topological polar surface area (TPSA) is 44.7 Å². The fourth-order valence-corrected chi connectivity index (χ4v) is 4.12. The Labute approximate surface area is 182 Å². The van der Waals surface area contributed by atoms with Gasteiger partial charge in [-0.3, -0.25) is 4.79 Å². The fraction of sp³-hybridized carbons (Fsp3) is 0.231. The molecule has 1 aliphatic rings. The molecule has 0 radical (unpaired) electrons. The molecule has 158 valence electrons. The lowest BCUT2D eigenvalue weighted by Gasteiger charge is -2.40. The van der Waals surface area contributed by atoms with Crippen molar-refractivity contribution in [2.24, 2.45) is 5.10 Å². The quantitative estimate of drug-likeness (QED) is 0.464. The number of benzene rings is 3. The van der Waals surface area contributed by atoms with Crippen molar-refractivity contribution in [3.63, 3.8) is 0 Å². The number of carbonyl (C=O) groups is 1. The molecule has 0 saturated carbocycles. The zero-order valence-corrected chi connectivity index (χ0v) is 18.2. The van der Waals surface area contributed by atoms with E-state index < -0.39 is 0 Å². The van der Waals surface area contributed by atoms with Crippen LogP contribution in [-0.2, 0) is 11.2 Å². The van der Waals surface area contributed by atoms with Gasteiger partial charge in [-0.2, -0.15) is 5.10 Å². The standard InChI is InChI=1S/C26H26FN3O/c1-17-15-26(2,3)30(4)24-14-23(27)20(12-22(17)24)16-28-29-25(31)13-19-10-7-9-18-8-5-6-11-21(18)19/h5-12,14-16H,13H2,1-4H3,(H,29,31)/b28-16-. The Kier molecular flexibility index (Phi) is 5.36. The second-order valence-electron chi connectivity index (χ2n) is 8.54. The average molecular weight is 416 g/mol. The summed E-state index contributed by atoms with van der Waals surface area (Å²) in [4.78, 5) is 14.5. The second kappa shape index (κ2) is 7.99. The molecule has 4 rings (SSSR count). The minimum atomic E-state index is -0.372. The zero-order chi connectivity index (χ0) is 22.2. The van der Waals surface area contributed by atoms with Crippen LogP contribution in [0.25, 0.3) is 16.3 Å². The third-order valence-electron chi connectivity index (χ3n) is 5.96. The first-order chi connectivity index (χ1) is 14.8. The van der Waals surface area contributed by atoms with Crippen molar-refractivity contribution in [3.8, 4) is 0 Å². The van der Waals surface area contributed by atoms with Crippen molar-refractivity contribution in [1.82, 2.24) is 5.43 Å². The predicted molar refractivity (Wildman–Crippen MR) is 126 cm³/mol. The van der Waals surface area contributed by atoms with Gasteiger partial charge in [0, 0.05) is 23.9 Å². The van der Waals surface area contributed by atoms with Crippen LogP contribution in [0.3, 0.4) is 0 Å². The van der Waals surface area contributed by atoms with Crippen molar-refractivity contribution in [1.29, 1.82) is 0 Å². The van der Waals surface area contributed by atoms with Gasteiger partial charge in [0.15, 0.2) is 0 Å². The molecule has 1 N–H and O–H groups in total. The number of nitrogens with zero attached hydrogens (tertiary/aromatic N) is 2. The summed E-state index contributed by atoms with van der Waals surface area (Å²) in [5, 5.41) is 6.13. The van der Waals surface area contributed by atoms with E-state index in [4.69, 9.17) is 0 Å². The van der Waals surface area contributed by atoms with Crippen LogP contribution in [0.1, 0.15) is 37.5 Å². The van der Waals surface area contributed by atoms with Gasteiger partial charge in [-0.05, 0) is 54.8 Å². The van der Waals surface area contributed by atoms with Crippen molar-refractivity contribution >= 4 is 34.2 Å². The summed E-state index contributed by atoms with van der Waals surface area (Å²) in [7, 11) is 1.96. The van der Waals surface area contributed by atoms with Crippen LogP contribution in [0.15, 0.2) is 65.8 Å². The lowest BCUT2D eigenvalue weighted by molar-refractivity contribution is -0.120. The number of anilines is 1. The van der Waals surface area contributed by atoms with Gasteiger partial charge in [0.05, 0.1) is 18.2 Å². The number of hydrazone groups is 1. The maximum absolute atomic E-state index is 14.7. The molecule has 1 aliphatic heterocycles. The molecule has 1 amide bonds. The number of hydrogen-bond donors (Lipinski definition) is 1. The highest BCUT2D eigenvalue weighted by Gasteiger charge is 2.29. The Balaban J connectivity index is 1.51. The minimum Gasteiger partial charge on any atom is -0.365 e. The monoisotopic (exact) mass is 415 g/mol. The minimum absolute atomic E-state index is 0.186. The number of amides is 1. The summed E-state index contributed by atoms with van der Waals surface area (Å²) >= 11 is 0. The first-order valence-corrected chi connectivity index (χ1v) is 10.3. The van der Waals surface area contributed by atoms with E-state index in [1.54, 1.807) is 6.07 Å². The molecule has 0 saturated heterocycles. The zero-order valence-electron chi connectivity index (χ0n) is 18.2. The number of carbonyl (C=O) groups excluding carboxylic acids is 1. The molecule has 1 heterocycles. The van der Waals surface area contributed by atoms with Crippen molar-refractivity contribution in [2.45, 2.75) is 32.7 Å². The molecule has 0 aliphatic carbocycles. The summed E-state index contributed by atoms with van der Waals surface area (Å²) < 4.78 is 14.7. The number of allylic oxidation sites excluding steroid dienone is 1. The number of hydrogen-bond acceptors (Lipinski definition) is 3. The van der Waals surface area contributed by atoms with Crippen molar-refractivity contribution in [2.75, 3.05) is 11.9 Å². The lowest BCUT2D eigenvalue weighted by atomic mass is 9.88. The Bertz CT molecular complexity index is 1220. The van der Waals surface area contributed by atoms with E-state index in [1.165, 1.54) is 12.3 Å². The number of fused-ring (bicyclic) bond motifs is 2. The summed E-state index contributed by atoms with van der Waals surface area (Å²) in [5.41, 5.74) is 6.51. The molecule has 31 heavy (non-hydrogen) atoms. The number of likely N-dealkylation sites (N-methyl/N-ethyl adjacent to an activating group) is 1. The van der Waals surface area contributed by atoms with Gasteiger partial charge < -0.3 is 4.90 Å². The summed E-state index contributed by atoms with van der Waals surface area (Å²) in [5.74, 6) is -0.619. The van der Waals surface area contributed by atoms with E-state index in [2.05, 4.69) is 35.4 Å². The molecular weight excluding hydrogens is 389 g/mol. The van der Waals surface area contributed by atoms with Crippen molar-refractivity contribution < 1.29 is 9.18 Å². The highest BCUT2D eigenvalue weighted by Crippen LogP contribution is 2.38. The largest absolute Gasteiger partial charge is 0.365 e. The van der Waals surface area contributed by atoms with Crippen LogP contribution < -0.4 is 10.3 Å². The molecule has 0 bridgehead atoms. The van der Waals surface area contributed by atoms with Gasteiger partial charge in [-0.15, -0.1) is 0 Å². The molecule has 3 aromatic carbocycles. The molecule has 0 fully saturated rings. The van der Waals surface area contributed by atoms with Gasteiger partial charge in [-0.1, -0.05) is 48.5 Å². The smallest absolute Gasteiger partial charge is 0.244 e. The third-order valence-corrected chi connectivity index (χ3v) is 5.96. The van der Waals surface area contributed by atoms with Crippen LogP contribution in [0.5, 0.6) is 0 Å². The van der Waals surface area contributed by atoms with Crippen LogP contribution in [0.2, 0.25) is 0 Å². The third kappa shape index (κ3) is 4.08.